The van der Waals surface area contributed by atoms with Gasteiger partial charge in [0.1, 0.15) is 5.88 Å². The van der Waals surface area contributed by atoms with Crippen LogP contribution in [0.4, 0.5) is 6.01 Å². The molecule has 1 N–H and O–H groups in total. The standard InChI is InChI=1S/C7H12ClN3O/c1-3-5(2)9-7-11-10-6(4-8)12-7/h5H,3-4H2,1-2H3,(H,9,11). The maximum atomic E-state index is 5.49. The molecule has 0 fully saturated rings. The lowest BCUT2D eigenvalue weighted by molar-refractivity contribution is 0.518. The highest BCUT2D eigenvalue weighted by Crippen LogP contribution is 2.09. The molecule has 5 heteroatoms. The smallest absolute Gasteiger partial charge is 0.315 e. The summed E-state index contributed by atoms with van der Waals surface area (Å²) in [6, 6.07) is 0.786. The van der Waals surface area contributed by atoms with Crippen LogP contribution in [0.1, 0.15) is 26.2 Å². The molecule has 68 valence electrons. The first-order valence-corrected chi connectivity index (χ1v) is 4.44. The van der Waals surface area contributed by atoms with Crippen molar-refractivity contribution in [2.75, 3.05) is 5.32 Å². The second kappa shape index (κ2) is 4.30. The van der Waals surface area contributed by atoms with Gasteiger partial charge in [-0.1, -0.05) is 12.0 Å². The highest BCUT2D eigenvalue weighted by Gasteiger charge is 2.06. The zero-order valence-corrected chi connectivity index (χ0v) is 7.93. The molecule has 1 aromatic rings. The third-order valence-electron chi connectivity index (χ3n) is 1.56. The predicted octanol–water partition coefficient (Wildman–Crippen LogP) is 2.02. The Labute approximate surface area is 76.3 Å². The summed E-state index contributed by atoms with van der Waals surface area (Å²) in [5.74, 6) is 0.706. The van der Waals surface area contributed by atoms with Gasteiger partial charge in [0, 0.05) is 6.04 Å². The SMILES string of the molecule is CCC(C)Nc1nnc(CCl)o1. The number of nitrogens with one attached hydrogen (secondary N) is 1. The summed E-state index contributed by atoms with van der Waals surface area (Å²) in [5.41, 5.74) is 0. The summed E-state index contributed by atoms with van der Waals surface area (Å²) in [6.45, 7) is 4.13. The van der Waals surface area contributed by atoms with Crippen LogP contribution in [0, 0.1) is 0 Å². The Kier molecular flexibility index (Phi) is 3.34. The maximum absolute atomic E-state index is 5.49. The molecule has 4 nitrogen and oxygen atoms in total. The molecule has 0 aliphatic carbocycles. The van der Waals surface area contributed by atoms with Crippen molar-refractivity contribution in [1.29, 1.82) is 0 Å². The minimum atomic E-state index is 0.259. The molecule has 0 aliphatic heterocycles. The van der Waals surface area contributed by atoms with Gasteiger partial charge in [0.05, 0.1) is 0 Å². The third kappa shape index (κ3) is 2.37. The lowest BCUT2D eigenvalue weighted by Gasteiger charge is -2.06. The maximum Gasteiger partial charge on any atom is 0.315 e. The number of hydrogen-bond donors (Lipinski definition) is 1. The van der Waals surface area contributed by atoms with Crippen molar-refractivity contribution in [1.82, 2.24) is 10.2 Å². The normalized spacial score (nSPS) is 12.9. The van der Waals surface area contributed by atoms with Gasteiger partial charge in [-0.15, -0.1) is 16.7 Å². The molecule has 1 heterocycles. The van der Waals surface area contributed by atoms with Crippen LogP contribution in [0.15, 0.2) is 4.42 Å². The van der Waals surface area contributed by atoms with Crippen molar-refractivity contribution in [2.24, 2.45) is 0 Å². The number of rotatable bonds is 4. The third-order valence-corrected chi connectivity index (χ3v) is 1.79. The first-order valence-electron chi connectivity index (χ1n) is 3.91. The zero-order chi connectivity index (χ0) is 8.97. The van der Waals surface area contributed by atoms with E-state index in [0.29, 0.717) is 17.9 Å². The number of alkyl halides is 1. The van der Waals surface area contributed by atoms with E-state index >= 15 is 0 Å². The van der Waals surface area contributed by atoms with Gasteiger partial charge in [-0.2, -0.15) is 0 Å². The predicted molar refractivity (Wildman–Crippen MR) is 47.2 cm³/mol. The molecular formula is C7H12ClN3O. The first kappa shape index (κ1) is 9.32. The molecule has 12 heavy (non-hydrogen) atoms. The molecule has 0 aromatic carbocycles. The van der Waals surface area contributed by atoms with Crippen molar-refractivity contribution >= 4 is 17.6 Å². The fourth-order valence-corrected chi connectivity index (χ4v) is 0.787. The van der Waals surface area contributed by atoms with Crippen LogP contribution in [0.25, 0.3) is 0 Å². The van der Waals surface area contributed by atoms with Crippen molar-refractivity contribution in [3.63, 3.8) is 0 Å². The fourth-order valence-electron chi connectivity index (χ4n) is 0.679. The number of hydrogen-bond acceptors (Lipinski definition) is 4. The van der Waals surface area contributed by atoms with Crippen molar-refractivity contribution in [3.05, 3.63) is 5.89 Å². The van der Waals surface area contributed by atoms with Crippen LogP contribution in [0.2, 0.25) is 0 Å². The van der Waals surface area contributed by atoms with E-state index in [4.69, 9.17) is 16.0 Å². The van der Waals surface area contributed by atoms with Crippen LogP contribution in [0.5, 0.6) is 0 Å². The molecule has 0 saturated heterocycles. The molecule has 0 saturated carbocycles. The Balaban J connectivity index is 2.52. The van der Waals surface area contributed by atoms with Crippen LogP contribution in [0.3, 0.4) is 0 Å². The van der Waals surface area contributed by atoms with Gasteiger partial charge in [-0.05, 0) is 13.3 Å². The van der Waals surface area contributed by atoms with E-state index in [0.717, 1.165) is 6.42 Å². The molecule has 1 atom stereocenters. The summed E-state index contributed by atoms with van der Waals surface area (Å²) in [5, 5.41) is 10.5. The number of aromatic nitrogens is 2. The second-order valence-electron chi connectivity index (χ2n) is 2.59. The Hall–Kier alpha value is -0.770. The lowest BCUT2D eigenvalue weighted by atomic mass is 10.3. The van der Waals surface area contributed by atoms with Crippen LogP contribution in [-0.2, 0) is 5.88 Å². The van der Waals surface area contributed by atoms with E-state index in [9.17, 15) is 0 Å². The molecule has 0 spiro atoms. The van der Waals surface area contributed by atoms with Gasteiger partial charge < -0.3 is 9.73 Å². The zero-order valence-electron chi connectivity index (χ0n) is 7.17. The minimum absolute atomic E-state index is 0.259. The average Bonchev–Trinajstić information content (AvgIpc) is 2.52. The van der Waals surface area contributed by atoms with E-state index in [1.54, 1.807) is 0 Å². The molecule has 1 aromatic heterocycles. The van der Waals surface area contributed by atoms with Crippen molar-refractivity contribution < 1.29 is 4.42 Å². The van der Waals surface area contributed by atoms with E-state index in [1.807, 2.05) is 6.92 Å². The van der Waals surface area contributed by atoms with Gasteiger partial charge in [-0.3, -0.25) is 0 Å². The molecular weight excluding hydrogens is 178 g/mol. The number of nitrogens with zero attached hydrogens (tertiary/aromatic N) is 2. The molecule has 1 rings (SSSR count). The van der Waals surface area contributed by atoms with E-state index in [2.05, 4.69) is 22.4 Å². The Morgan fingerprint density at radius 3 is 2.83 bits per heavy atom. The average molecular weight is 190 g/mol. The summed E-state index contributed by atoms with van der Waals surface area (Å²) in [6.07, 6.45) is 1.01. The molecule has 0 aliphatic rings. The van der Waals surface area contributed by atoms with Crippen LogP contribution >= 0.6 is 11.6 Å². The summed E-state index contributed by atoms with van der Waals surface area (Å²) >= 11 is 5.49. The quantitative estimate of drug-likeness (QED) is 0.737. The monoisotopic (exact) mass is 189 g/mol. The van der Waals surface area contributed by atoms with E-state index in [1.165, 1.54) is 0 Å². The fraction of sp³-hybridized carbons (Fsp3) is 0.714. The van der Waals surface area contributed by atoms with Crippen molar-refractivity contribution in [3.8, 4) is 0 Å². The Morgan fingerprint density at radius 2 is 2.33 bits per heavy atom. The molecule has 1 unspecified atom stereocenters. The Morgan fingerprint density at radius 1 is 1.58 bits per heavy atom. The number of halogens is 1. The topological polar surface area (TPSA) is 51.0 Å². The first-order chi connectivity index (χ1) is 5.76. The van der Waals surface area contributed by atoms with Gasteiger partial charge in [-0.25, -0.2) is 0 Å². The van der Waals surface area contributed by atoms with Crippen LogP contribution in [-0.4, -0.2) is 16.2 Å². The van der Waals surface area contributed by atoms with Gasteiger partial charge in [0.25, 0.3) is 0 Å². The van der Waals surface area contributed by atoms with E-state index in [-0.39, 0.29) is 5.88 Å². The summed E-state index contributed by atoms with van der Waals surface area (Å²) < 4.78 is 5.14. The van der Waals surface area contributed by atoms with Gasteiger partial charge in [0.2, 0.25) is 5.89 Å². The molecule has 0 amide bonds. The molecule has 0 radical (unpaired) electrons. The lowest BCUT2D eigenvalue weighted by Crippen LogP contribution is -2.13. The van der Waals surface area contributed by atoms with Gasteiger partial charge >= 0.3 is 6.01 Å². The number of anilines is 1. The van der Waals surface area contributed by atoms with Gasteiger partial charge in [0.15, 0.2) is 0 Å². The second-order valence-corrected chi connectivity index (χ2v) is 2.86. The molecule has 0 bridgehead atoms. The summed E-state index contributed by atoms with van der Waals surface area (Å²) in [4.78, 5) is 0. The Bertz CT molecular complexity index is 238. The summed E-state index contributed by atoms with van der Waals surface area (Å²) in [7, 11) is 0. The van der Waals surface area contributed by atoms with Crippen LogP contribution < -0.4 is 5.32 Å². The largest absolute Gasteiger partial charge is 0.407 e. The minimum Gasteiger partial charge on any atom is -0.407 e. The highest BCUT2D eigenvalue weighted by molar-refractivity contribution is 6.16. The van der Waals surface area contributed by atoms with Crippen molar-refractivity contribution in [2.45, 2.75) is 32.2 Å². The highest BCUT2D eigenvalue weighted by atomic mass is 35.5. The van der Waals surface area contributed by atoms with E-state index < -0.39 is 0 Å².